The fourth-order valence-electron chi connectivity index (χ4n) is 4.81. The van der Waals surface area contributed by atoms with Gasteiger partial charge in [0.25, 0.3) is 0 Å². The molecule has 0 aromatic heterocycles. The largest absolute Gasteiger partial charge is 0.508 e. The van der Waals surface area contributed by atoms with Crippen LogP contribution in [-0.2, 0) is 5.41 Å². The molecule has 1 fully saturated rings. The van der Waals surface area contributed by atoms with Gasteiger partial charge in [-0.25, -0.2) is 0 Å². The number of benzene rings is 2. The monoisotopic (exact) mass is 380 g/mol. The molecule has 0 amide bonds. The Morgan fingerprint density at radius 3 is 2.00 bits per heavy atom. The SMILES string of the molecule is CCCCCC(C)(C)c1cc(C2CCC(c3ccc(O)cc3)CC2)ccc1O. The van der Waals surface area contributed by atoms with E-state index in [0.717, 1.165) is 12.0 Å². The molecule has 1 aliphatic rings. The first kappa shape index (κ1) is 20.8. The van der Waals surface area contributed by atoms with Crippen molar-refractivity contribution in [1.29, 1.82) is 0 Å². The van der Waals surface area contributed by atoms with Crippen LogP contribution in [0.1, 0.15) is 101 Å². The number of unbranched alkanes of at least 4 members (excludes halogenated alkanes) is 2. The van der Waals surface area contributed by atoms with Gasteiger partial charge >= 0.3 is 0 Å². The Balaban J connectivity index is 1.68. The van der Waals surface area contributed by atoms with Gasteiger partial charge in [0.1, 0.15) is 11.5 Å². The summed E-state index contributed by atoms with van der Waals surface area (Å²) in [5.41, 5.74) is 3.86. The third-order valence-electron chi connectivity index (χ3n) is 6.72. The topological polar surface area (TPSA) is 40.5 Å². The van der Waals surface area contributed by atoms with E-state index in [1.54, 1.807) is 12.1 Å². The smallest absolute Gasteiger partial charge is 0.119 e. The van der Waals surface area contributed by atoms with Crippen molar-refractivity contribution < 1.29 is 10.2 Å². The van der Waals surface area contributed by atoms with E-state index in [2.05, 4.69) is 45.0 Å². The van der Waals surface area contributed by atoms with Crippen molar-refractivity contribution in [2.24, 2.45) is 0 Å². The number of rotatable bonds is 7. The van der Waals surface area contributed by atoms with Gasteiger partial charge in [0, 0.05) is 0 Å². The zero-order chi connectivity index (χ0) is 20.1. The highest BCUT2D eigenvalue weighted by atomic mass is 16.3. The van der Waals surface area contributed by atoms with Gasteiger partial charge in [0.05, 0.1) is 0 Å². The molecule has 2 aromatic carbocycles. The molecule has 2 N–H and O–H groups in total. The summed E-state index contributed by atoms with van der Waals surface area (Å²) in [6.45, 7) is 6.77. The Labute approximate surface area is 170 Å². The van der Waals surface area contributed by atoms with E-state index in [1.165, 1.54) is 56.1 Å². The molecular weight excluding hydrogens is 344 g/mol. The molecule has 0 heterocycles. The Kier molecular flexibility index (Phi) is 6.69. The van der Waals surface area contributed by atoms with Gasteiger partial charge in [-0.3, -0.25) is 0 Å². The lowest BCUT2D eigenvalue weighted by Crippen LogP contribution is -2.18. The lowest BCUT2D eigenvalue weighted by Gasteiger charge is -2.31. The Bertz CT molecular complexity index is 753. The van der Waals surface area contributed by atoms with Gasteiger partial charge in [0.15, 0.2) is 0 Å². The van der Waals surface area contributed by atoms with Gasteiger partial charge in [-0.2, -0.15) is 0 Å². The van der Waals surface area contributed by atoms with E-state index in [-0.39, 0.29) is 5.41 Å². The predicted octanol–water partition coefficient (Wildman–Crippen LogP) is 7.40. The Hall–Kier alpha value is -1.96. The zero-order valence-electron chi connectivity index (χ0n) is 17.7. The predicted molar refractivity (Wildman–Crippen MR) is 117 cm³/mol. The van der Waals surface area contributed by atoms with Crippen molar-refractivity contribution in [2.45, 2.75) is 89.4 Å². The quantitative estimate of drug-likeness (QED) is 0.491. The third kappa shape index (κ3) is 4.90. The Morgan fingerprint density at radius 2 is 1.39 bits per heavy atom. The average molecular weight is 381 g/mol. The van der Waals surface area contributed by atoms with Gasteiger partial charge in [-0.15, -0.1) is 0 Å². The molecular formula is C26H36O2. The van der Waals surface area contributed by atoms with E-state index >= 15 is 0 Å². The molecule has 0 radical (unpaired) electrons. The van der Waals surface area contributed by atoms with Crippen LogP contribution in [0.2, 0.25) is 0 Å². The first-order valence-corrected chi connectivity index (χ1v) is 11.0. The maximum Gasteiger partial charge on any atom is 0.119 e. The van der Waals surface area contributed by atoms with Crippen LogP contribution in [-0.4, -0.2) is 10.2 Å². The zero-order valence-corrected chi connectivity index (χ0v) is 17.7. The maximum absolute atomic E-state index is 10.5. The van der Waals surface area contributed by atoms with Crippen LogP contribution >= 0.6 is 0 Å². The Morgan fingerprint density at radius 1 is 0.821 bits per heavy atom. The molecule has 2 nitrogen and oxygen atoms in total. The molecule has 152 valence electrons. The number of phenols is 2. The highest BCUT2D eigenvalue weighted by Crippen LogP contribution is 2.43. The first-order chi connectivity index (χ1) is 13.4. The molecule has 0 bridgehead atoms. The van der Waals surface area contributed by atoms with E-state index < -0.39 is 0 Å². The van der Waals surface area contributed by atoms with Crippen molar-refractivity contribution in [3.05, 3.63) is 59.2 Å². The van der Waals surface area contributed by atoms with E-state index in [1.807, 2.05) is 6.07 Å². The molecule has 0 spiro atoms. The summed E-state index contributed by atoms with van der Waals surface area (Å²) in [5.74, 6) is 1.97. The second kappa shape index (κ2) is 9.03. The molecule has 0 aliphatic heterocycles. The molecule has 1 aliphatic carbocycles. The number of aromatic hydroxyl groups is 2. The van der Waals surface area contributed by atoms with Crippen LogP contribution in [0.5, 0.6) is 11.5 Å². The van der Waals surface area contributed by atoms with Gasteiger partial charge in [-0.05, 0) is 84.2 Å². The second-order valence-electron chi connectivity index (χ2n) is 9.26. The van der Waals surface area contributed by atoms with Crippen LogP contribution in [0, 0.1) is 0 Å². The van der Waals surface area contributed by atoms with Crippen molar-refractivity contribution in [3.8, 4) is 11.5 Å². The summed E-state index contributed by atoms with van der Waals surface area (Å²) in [6, 6.07) is 14.1. The van der Waals surface area contributed by atoms with Crippen molar-refractivity contribution in [2.75, 3.05) is 0 Å². The number of hydrogen-bond donors (Lipinski definition) is 2. The molecule has 28 heavy (non-hydrogen) atoms. The van der Waals surface area contributed by atoms with Gasteiger partial charge in [0.2, 0.25) is 0 Å². The summed E-state index contributed by atoms with van der Waals surface area (Å²) in [6.07, 6.45) is 9.56. The van der Waals surface area contributed by atoms with Crippen molar-refractivity contribution in [1.82, 2.24) is 0 Å². The minimum Gasteiger partial charge on any atom is -0.508 e. The molecule has 0 saturated heterocycles. The standard InChI is InChI=1S/C26H36O2/c1-4-5-6-17-26(2,3)24-18-22(13-16-25(24)28)21-9-7-19(8-10-21)20-11-14-23(27)15-12-20/h11-16,18-19,21,27-28H,4-10,17H2,1-3H3. The third-order valence-corrected chi connectivity index (χ3v) is 6.72. The minimum atomic E-state index is 0.0124. The molecule has 2 aromatic rings. The van der Waals surface area contributed by atoms with Crippen LogP contribution in [0.25, 0.3) is 0 Å². The number of phenolic OH excluding ortho intramolecular Hbond substituents is 2. The lowest BCUT2D eigenvalue weighted by molar-refractivity contribution is 0.389. The van der Waals surface area contributed by atoms with Crippen LogP contribution in [0.15, 0.2) is 42.5 Å². The van der Waals surface area contributed by atoms with Crippen LogP contribution in [0.4, 0.5) is 0 Å². The molecule has 3 rings (SSSR count). The fourth-order valence-corrected chi connectivity index (χ4v) is 4.81. The molecule has 0 atom stereocenters. The lowest BCUT2D eigenvalue weighted by atomic mass is 9.74. The summed E-state index contributed by atoms with van der Waals surface area (Å²) >= 11 is 0. The van der Waals surface area contributed by atoms with Gasteiger partial charge in [-0.1, -0.05) is 64.3 Å². The molecule has 0 unspecified atom stereocenters. The van der Waals surface area contributed by atoms with Crippen molar-refractivity contribution >= 4 is 0 Å². The molecule has 2 heteroatoms. The normalized spacial score (nSPS) is 20.2. The van der Waals surface area contributed by atoms with E-state index in [4.69, 9.17) is 0 Å². The van der Waals surface area contributed by atoms with E-state index in [0.29, 0.717) is 23.3 Å². The second-order valence-corrected chi connectivity index (χ2v) is 9.26. The maximum atomic E-state index is 10.5. The summed E-state index contributed by atoms with van der Waals surface area (Å²) < 4.78 is 0. The average Bonchev–Trinajstić information content (AvgIpc) is 2.69. The fraction of sp³-hybridized carbons (Fsp3) is 0.538. The summed E-state index contributed by atoms with van der Waals surface area (Å²) in [5, 5.41) is 20.0. The van der Waals surface area contributed by atoms with Crippen LogP contribution < -0.4 is 0 Å². The highest BCUT2D eigenvalue weighted by Gasteiger charge is 2.27. The highest BCUT2D eigenvalue weighted by molar-refractivity contribution is 5.42. The minimum absolute atomic E-state index is 0.0124. The van der Waals surface area contributed by atoms with Gasteiger partial charge < -0.3 is 10.2 Å². The summed E-state index contributed by atoms with van der Waals surface area (Å²) in [7, 11) is 0. The summed E-state index contributed by atoms with van der Waals surface area (Å²) in [4.78, 5) is 0. The van der Waals surface area contributed by atoms with Crippen LogP contribution in [0.3, 0.4) is 0 Å². The number of hydrogen-bond acceptors (Lipinski definition) is 2. The van der Waals surface area contributed by atoms with E-state index in [9.17, 15) is 10.2 Å². The first-order valence-electron chi connectivity index (χ1n) is 11.0. The van der Waals surface area contributed by atoms with Crippen molar-refractivity contribution in [3.63, 3.8) is 0 Å². The molecule has 1 saturated carbocycles.